The van der Waals surface area contributed by atoms with Crippen molar-refractivity contribution in [2.24, 2.45) is 0 Å². The Bertz CT molecular complexity index is 1630. The monoisotopic (exact) mass is 505 g/mol. The SMILES string of the molecule is CCn1cc(-c2ccnc3[nH]c(-c4ccc5c(c4)CNCC5)cc23)c(-c2ccc(NC(=O)N(C)C)cc2)n1. The first-order valence-electron chi connectivity index (χ1n) is 13.0. The van der Waals surface area contributed by atoms with E-state index in [9.17, 15) is 4.79 Å². The van der Waals surface area contributed by atoms with Crippen LogP contribution in [0, 0.1) is 0 Å². The van der Waals surface area contributed by atoms with Crippen LogP contribution in [0.1, 0.15) is 18.1 Å². The summed E-state index contributed by atoms with van der Waals surface area (Å²) in [7, 11) is 3.44. The average molecular weight is 506 g/mol. The van der Waals surface area contributed by atoms with Crippen LogP contribution < -0.4 is 10.6 Å². The first-order valence-corrected chi connectivity index (χ1v) is 13.0. The predicted molar refractivity (Wildman–Crippen MR) is 152 cm³/mol. The molecule has 4 heterocycles. The van der Waals surface area contributed by atoms with Crippen molar-refractivity contribution in [3.8, 4) is 33.6 Å². The van der Waals surface area contributed by atoms with E-state index in [0.29, 0.717) is 0 Å². The molecule has 5 aromatic rings. The average Bonchev–Trinajstić information content (AvgIpc) is 3.58. The van der Waals surface area contributed by atoms with Gasteiger partial charge in [-0.1, -0.05) is 24.3 Å². The van der Waals surface area contributed by atoms with E-state index >= 15 is 0 Å². The number of H-pyrrole nitrogens is 1. The largest absolute Gasteiger partial charge is 0.339 e. The molecule has 0 fully saturated rings. The minimum Gasteiger partial charge on any atom is -0.339 e. The van der Waals surface area contributed by atoms with Crippen LogP contribution >= 0.6 is 0 Å². The van der Waals surface area contributed by atoms with Crippen LogP contribution in [-0.2, 0) is 19.5 Å². The Morgan fingerprint density at radius 1 is 1.03 bits per heavy atom. The lowest BCUT2D eigenvalue weighted by molar-refractivity contribution is 0.230. The molecule has 0 radical (unpaired) electrons. The van der Waals surface area contributed by atoms with E-state index in [-0.39, 0.29) is 6.03 Å². The fourth-order valence-electron chi connectivity index (χ4n) is 5.01. The summed E-state index contributed by atoms with van der Waals surface area (Å²) in [5, 5.41) is 12.3. The topological polar surface area (TPSA) is 90.9 Å². The number of hydrogen-bond acceptors (Lipinski definition) is 4. The van der Waals surface area contributed by atoms with Crippen molar-refractivity contribution in [3.05, 3.63) is 78.1 Å². The Kier molecular flexibility index (Phi) is 6.17. The maximum atomic E-state index is 12.0. The van der Waals surface area contributed by atoms with Crippen molar-refractivity contribution in [3.63, 3.8) is 0 Å². The van der Waals surface area contributed by atoms with Crippen LogP contribution in [0.3, 0.4) is 0 Å². The zero-order chi connectivity index (χ0) is 26.2. The lowest BCUT2D eigenvalue weighted by atomic mass is 9.97. The van der Waals surface area contributed by atoms with Crippen LogP contribution in [0.4, 0.5) is 10.5 Å². The summed E-state index contributed by atoms with van der Waals surface area (Å²) >= 11 is 0. The van der Waals surface area contributed by atoms with Gasteiger partial charge in [0.2, 0.25) is 0 Å². The van der Waals surface area contributed by atoms with E-state index in [1.807, 2.05) is 35.1 Å². The van der Waals surface area contributed by atoms with Crippen LogP contribution in [0.5, 0.6) is 0 Å². The molecule has 1 aliphatic heterocycles. The highest BCUT2D eigenvalue weighted by Gasteiger charge is 2.18. The summed E-state index contributed by atoms with van der Waals surface area (Å²) in [5.74, 6) is 0. The normalized spacial score (nSPS) is 12.9. The highest BCUT2D eigenvalue weighted by atomic mass is 16.2. The lowest BCUT2D eigenvalue weighted by Crippen LogP contribution is -2.27. The Hall–Kier alpha value is -4.43. The number of carbonyl (C=O) groups excluding carboxylic acids is 1. The van der Waals surface area contributed by atoms with E-state index in [4.69, 9.17) is 5.10 Å². The number of pyridine rings is 1. The highest BCUT2D eigenvalue weighted by molar-refractivity contribution is 5.99. The second-order valence-corrected chi connectivity index (χ2v) is 9.86. The number of urea groups is 1. The summed E-state index contributed by atoms with van der Waals surface area (Å²) in [6.45, 7) is 4.79. The number of rotatable bonds is 5. The fourth-order valence-corrected chi connectivity index (χ4v) is 5.01. The Morgan fingerprint density at radius 3 is 2.63 bits per heavy atom. The van der Waals surface area contributed by atoms with Crippen LogP contribution in [0.15, 0.2) is 67.0 Å². The van der Waals surface area contributed by atoms with Gasteiger partial charge >= 0.3 is 6.03 Å². The number of aryl methyl sites for hydroxylation is 1. The molecule has 192 valence electrons. The summed E-state index contributed by atoms with van der Waals surface area (Å²) in [6, 6.07) is 18.6. The molecule has 0 bridgehead atoms. The standard InChI is InChI=1S/C30H31N7O/c1-4-37-18-26(28(35-37)20-7-9-23(10-8-20)33-30(38)36(2)3)24-12-14-32-29-25(24)16-27(34-29)21-6-5-19-11-13-31-17-22(19)15-21/h5-10,12,14-16,18,31H,4,11,13,17H2,1-3H3,(H,32,34)(H,33,38). The molecule has 0 aliphatic carbocycles. The summed E-state index contributed by atoms with van der Waals surface area (Å²) in [4.78, 5) is 21.7. The lowest BCUT2D eigenvalue weighted by Gasteiger charge is -2.17. The van der Waals surface area contributed by atoms with Crippen LogP contribution in [0.25, 0.3) is 44.7 Å². The molecule has 0 saturated heterocycles. The number of hydrogen-bond donors (Lipinski definition) is 3. The van der Waals surface area contributed by atoms with E-state index < -0.39 is 0 Å². The predicted octanol–water partition coefficient (Wildman–Crippen LogP) is 5.52. The zero-order valence-electron chi connectivity index (χ0n) is 21.9. The molecule has 2 aromatic carbocycles. The molecule has 0 saturated carbocycles. The Balaban J connectivity index is 1.40. The molecule has 38 heavy (non-hydrogen) atoms. The number of nitrogens with one attached hydrogen (secondary N) is 3. The molecule has 6 rings (SSSR count). The molecule has 0 spiro atoms. The van der Waals surface area contributed by atoms with Crippen LogP contribution in [-0.4, -0.2) is 51.3 Å². The van der Waals surface area contributed by atoms with E-state index in [1.165, 1.54) is 16.0 Å². The third-order valence-corrected chi connectivity index (χ3v) is 7.13. The molecule has 8 nitrogen and oxygen atoms in total. The number of nitrogens with zero attached hydrogens (tertiary/aromatic N) is 4. The van der Waals surface area contributed by atoms with Gasteiger partial charge in [-0.15, -0.1) is 0 Å². The molecular weight excluding hydrogens is 474 g/mol. The highest BCUT2D eigenvalue weighted by Crippen LogP contribution is 2.37. The Labute approximate surface area is 221 Å². The molecule has 8 heteroatoms. The van der Waals surface area contributed by atoms with Gasteiger partial charge < -0.3 is 20.5 Å². The first-order chi connectivity index (χ1) is 18.5. The molecule has 2 amide bonds. The van der Waals surface area contributed by atoms with Crippen LogP contribution in [0.2, 0.25) is 0 Å². The molecular formula is C30H31N7O. The van der Waals surface area contributed by atoms with Crippen molar-refractivity contribution < 1.29 is 4.79 Å². The third kappa shape index (κ3) is 4.43. The van der Waals surface area contributed by atoms with E-state index in [1.54, 1.807) is 14.1 Å². The minimum absolute atomic E-state index is 0.161. The number of amides is 2. The molecule has 0 unspecified atom stereocenters. The van der Waals surface area contributed by atoms with E-state index in [2.05, 4.69) is 64.1 Å². The number of carbonyl (C=O) groups is 1. The van der Waals surface area contributed by atoms with Crippen molar-refractivity contribution in [2.75, 3.05) is 26.0 Å². The molecule has 3 aromatic heterocycles. The van der Waals surface area contributed by atoms with Gasteiger partial charge in [0.25, 0.3) is 0 Å². The number of aromatic nitrogens is 4. The van der Waals surface area contributed by atoms with Gasteiger partial charge in [-0.05, 0) is 72.5 Å². The Morgan fingerprint density at radius 2 is 1.84 bits per heavy atom. The van der Waals surface area contributed by atoms with Gasteiger partial charge in [-0.2, -0.15) is 5.10 Å². The second-order valence-electron chi connectivity index (χ2n) is 9.86. The summed E-state index contributed by atoms with van der Waals surface area (Å²) in [5.41, 5.74) is 10.6. The maximum absolute atomic E-state index is 12.0. The van der Waals surface area contributed by atoms with Gasteiger partial charge in [-0.25, -0.2) is 9.78 Å². The smallest absolute Gasteiger partial charge is 0.321 e. The quantitative estimate of drug-likeness (QED) is 0.293. The number of aromatic amines is 1. The van der Waals surface area contributed by atoms with Crippen molar-refractivity contribution in [1.82, 2.24) is 30.0 Å². The summed E-state index contributed by atoms with van der Waals surface area (Å²) in [6.07, 6.45) is 5.02. The van der Waals surface area contributed by atoms with Gasteiger partial charge in [0.15, 0.2) is 0 Å². The summed E-state index contributed by atoms with van der Waals surface area (Å²) < 4.78 is 1.96. The van der Waals surface area contributed by atoms with Gasteiger partial charge in [0.05, 0.1) is 0 Å². The minimum atomic E-state index is -0.161. The van der Waals surface area contributed by atoms with Gasteiger partial charge in [0.1, 0.15) is 11.3 Å². The van der Waals surface area contributed by atoms with Crippen molar-refractivity contribution >= 4 is 22.8 Å². The van der Waals surface area contributed by atoms with Crippen molar-refractivity contribution in [2.45, 2.75) is 26.4 Å². The fraction of sp³-hybridized carbons (Fsp3) is 0.233. The maximum Gasteiger partial charge on any atom is 0.321 e. The second kappa shape index (κ2) is 9.79. The third-order valence-electron chi connectivity index (χ3n) is 7.13. The molecule has 0 atom stereocenters. The van der Waals surface area contributed by atoms with Gasteiger partial charge in [-0.3, -0.25) is 4.68 Å². The first kappa shape index (κ1) is 23.9. The number of benzene rings is 2. The number of fused-ring (bicyclic) bond motifs is 2. The zero-order valence-corrected chi connectivity index (χ0v) is 21.9. The molecule has 1 aliphatic rings. The van der Waals surface area contributed by atoms with Crippen molar-refractivity contribution in [1.29, 1.82) is 0 Å². The van der Waals surface area contributed by atoms with E-state index in [0.717, 1.165) is 76.4 Å². The molecule has 3 N–H and O–H groups in total. The number of anilines is 1. The van der Waals surface area contributed by atoms with Gasteiger partial charge in [0, 0.05) is 67.5 Å².